The molecule has 0 saturated heterocycles. The number of allylic oxidation sites excluding steroid dienone is 8. The van der Waals surface area contributed by atoms with E-state index in [-0.39, 0.29) is 0 Å². The zero-order valence-corrected chi connectivity index (χ0v) is 18.1. The maximum atomic E-state index is 2.35. The first-order valence-corrected chi connectivity index (χ1v) is 11.6. The lowest BCUT2D eigenvalue weighted by atomic mass is 9.70. The Morgan fingerprint density at radius 2 is 0.906 bits per heavy atom. The van der Waals surface area contributed by atoms with Crippen LogP contribution in [0.3, 0.4) is 0 Å². The molecule has 0 heteroatoms. The van der Waals surface area contributed by atoms with Gasteiger partial charge in [0, 0.05) is 11.8 Å². The Morgan fingerprint density at radius 1 is 0.469 bits per heavy atom. The molecule has 0 aliphatic heterocycles. The van der Waals surface area contributed by atoms with Crippen LogP contribution < -0.4 is 0 Å². The van der Waals surface area contributed by atoms with E-state index in [2.05, 4.69) is 121 Å². The highest BCUT2D eigenvalue weighted by Crippen LogP contribution is 2.50. The number of hydrogen-bond acceptors (Lipinski definition) is 0. The standard InChI is InChI=1S/C32H26/c1-2-14-25(13-1)31(29-21-9-17-23-11-5-7-19-27(23)29)32(26-15-3-4-16-26)30-22-10-18-24-12-6-8-20-28(24)30/h1-13,15,17-22,31-32H,14,16H2/t31-,32+. The molecule has 4 aromatic carbocycles. The highest BCUT2D eigenvalue weighted by Gasteiger charge is 2.33. The Morgan fingerprint density at radius 3 is 1.34 bits per heavy atom. The summed E-state index contributed by atoms with van der Waals surface area (Å²) in [6, 6.07) is 31.3. The number of rotatable bonds is 5. The van der Waals surface area contributed by atoms with E-state index in [0.29, 0.717) is 11.8 Å². The van der Waals surface area contributed by atoms with Crippen LogP contribution in [0.25, 0.3) is 21.5 Å². The van der Waals surface area contributed by atoms with Gasteiger partial charge in [-0.15, -0.1) is 0 Å². The van der Waals surface area contributed by atoms with Crippen LogP contribution in [-0.2, 0) is 0 Å². The molecule has 0 N–H and O–H groups in total. The summed E-state index contributed by atoms with van der Waals surface area (Å²) in [4.78, 5) is 0. The van der Waals surface area contributed by atoms with Crippen molar-refractivity contribution in [2.45, 2.75) is 24.7 Å². The molecule has 6 rings (SSSR count). The SMILES string of the molecule is C1=CCC([C@H](c2cccc3ccccc23)[C@@H](C2=CC=CC2)c2cccc3ccccc23)=C1. The van der Waals surface area contributed by atoms with Gasteiger partial charge >= 0.3 is 0 Å². The van der Waals surface area contributed by atoms with Gasteiger partial charge in [0.05, 0.1) is 0 Å². The van der Waals surface area contributed by atoms with E-state index in [4.69, 9.17) is 0 Å². The second-order valence-electron chi connectivity index (χ2n) is 8.84. The van der Waals surface area contributed by atoms with Crippen LogP contribution in [0, 0.1) is 0 Å². The molecule has 154 valence electrons. The van der Waals surface area contributed by atoms with Crippen molar-refractivity contribution in [1.82, 2.24) is 0 Å². The average molecular weight is 411 g/mol. The van der Waals surface area contributed by atoms with Crippen LogP contribution in [0.1, 0.15) is 35.8 Å². The minimum Gasteiger partial charge on any atom is -0.0804 e. The van der Waals surface area contributed by atoms with Gasteiger partial charge in [0.1, 0.15) is 0 Å². The van der Waals surface area contributed by atoms with Crippen LogP contribution >= 0.6 is 0 Å². The van der Waals surface area contributed by atoms with Gasteiger partial charge in [-0.2, -0.15) is 0 Å². The summed E-state index contributed by atoms with van der Waals surface area (Å²) < 4.78 is 0. The Balaban J connectivity index is 1.63. The Bertz CT molecular complexity index is 1310. The summed E-state index contributed by atoms with van der Waals surface area (Å²) >= 11 is 0. The molecule has 0 saturated carbocycles. The van der Waals surface area contributed by atoms with Gasteiger partial charge in [-0.3, -0.25) is 0 Å². The fourth-order valence-corrected chi connectivity index (χ4v) is 5.62. The van der Waals surface area contributed by atoms with E-state index in [1.54, 1.807) is 0 Å². The molecule has 0 aromatic heterocycles. The van der Waals surface area contributed by atoms with Crippen molar-refractivity contribution in [3.63, 3.8) is 0 Å². The molecular weight excluding hydrogens is 384 g/mol. The van der Waals surface area contributed by atoms with Gasteiger partial charge in [0.25, 0.3) is 0 Å². The molecule has 0 heterocycles. The molecule has 0 amide bonds. The molecule has 0 nitrogen and oxygen atoms in total. The monoisotopic (exact) mass is 410 g/mol. The molecule has 2 aliphatic rings. The molecule has 32 heavy (non-hydrogen) atoms. The topological polar surface area (TPSA) is 0 Å². The largest absolute Gasteiger partial charge is 0.0804 e. The van der Waals surface area contributed by atoms with Crippen LogP contribution in [0.5, 0.6) is 0 Å². The molecule has 0 unspecified atom stereocenters. The molecule has 0 spiro atoms. The van der Waals surface area contributed by atoms with Crippen molar-refractivity contribution in [2.24, 2.45) is 0 Å². The van der Waals surface area contributed by atoms with Crippen molar-refractivity contribution in [3.05, 3.63) is 144 Å². The second-order valence-corrected chi connectivity index (χ2v) is 8.84. The molecular formula is C32H26. The molecule has 4 aromatic rings. The smallest absolute Gasteiger partial charge is 0.0167 e. The highest BCUT2D eigenvalue weighted by molar-refractivity contribution is 5.89. The van der Waals surface area contributed by atoms with Gasteiger partial charge in [0.2, 0.25) is 0 Å². The minimum absolute atomic E-state index is 0.299. The predicted molar refractivity (Wildman–Crippen MR) is 137 cm³/mol. The zero-order valence-electron chi connectivity index (χ0n) is 18.1. The Kier molecular flexibility index (Phi) is 4.85. The van der Waals surface area contributed by atoms with Crippen LogP contribution in [-0.4, -0.2) is 0 Å². The van der Waals surface area contributed by atoms with E-state index >= 15 is 0 Å². The zero-order chi connectivity index (χ0) is 21.3. The average Bonchev–Trinajstić information content (AvgIpc) is 3.57. The lowest BCUT2D eigenvalue weighted by Crippen LogP contribution is -2.16. The summed E-state index contributed by atoms with van der Waals surface area (Å²) in [5.41, 5.74) is 5.88. The lowest BCUT2D eigenvalue weighted by molar-refractivity contribution is 0.661. The maximum absolute atomic E-state index is 2.35. The van der Waals surface area contributed by atoms with Gasteiger partial charge in [-0.25, -0.2) is 0 Å². The third kappa shape index (κ3) is 3.24. The molecule has 0 radical (unpaired) electrons. The van der Waals surface area contributed by atoms with Crippen molar-refractivity contribution in [2.75, 3.05) is 0 Å². The van der Waals surface area contributed by atoms with E-state index in [1.165, 1.54) is 43.8 Å². The fourth-order valence-electron chi connectivity index (χ4n) is 5.62. The van der Waals surface area contributed by atoms with Crippen LogP contribution in [0.4, 0.5) is 0 Å². The summed E-state index contributed by atoms with van der Waals surface area (Å²) in [6.45, 7) is 0. The van der Waals surface area contributed by atoms with E-state index < -0.39 is 0 Å². The van der Waals surface area contributed by atoms with Gasteiger partial charge in [-0.1, -0.05) is 133 Å². The van der Waals surface area contributed by atoms with E-state index in [0.717, 1.165) is 12.8 Å². The third-order valence-corrected chi connectivity index (χ3v) is 7.05. The van der Waals surface area contributed by atoms with Crippen molar-refractivity contribution in [1.29, 1.82) is 0 Å². The second kappa shape index (κ2) is 8.13. The minimum atomic E-state index is 0.299. The molecule has 0 fully saturated rings. The third-order valence-electron chi connectivity index (χ3n) is 7.05. The lowest BCUT2D eigenvalue weighted by Gasteiger charge is -2.32. The van der Waals surface area contributed by atoms with Gasteiger partial charge in [0.15, 0.2) is 0 Å². The molecule has 2 aliphatic carbocycles. The maximum Gasteiger partial charge on any atom is 0.0167 e. The predicted octanol–water partition coefficient (Wildman–Crippen LogP) is 8.63. The normalized spacial score (nSPS) is 17.0. The first kappa shape index (κ1) is 19.1. The fraction of sp³-hybridized carbons (Fsp3) is 0.125. The summed E-state index contributed by atoms with van der Waals surface area (Å²) in [5.74, 6) is 0.598. The van der Waals surface area contributed by atoms with Crippen molar-refractivity contribution >= 4 is 21.5 Å². The van der Waals surface area contributed by atoms with Crippen LogP contribution in [0.15, 0.2) is 133 Å². The van der Waals surface area contributed by atoms with Gasteiger partial charge in [-0.05, 0) is 45.5 Å². The number of benzene rings is 4. The van der Waals surface area contributed by atoms with E-state index in [1.807, 2.05) is 0 Å². The molecule has 0 bridgehead atoms. The summed E-state index contributed by atoms with van der Waals surface area (Å²) in [6.07, 6.45) is 15.8. The summed E-state index contributed by atoms with van der Waals surface area (Å²) in [5, 5.41) is 5.36. The number of fused-ring (bicyclic) bond motifs is 2. The Labute approximate surface area is 189 Å². The molecule has 2 atom stereocenters. The number of hydrogen-bond donors (Lipinski definition) is 0. The van der Waals surface area contributed by atoms with Crippen molar-refractivity contribution < 1.29 is 0 Å². The van der Waals surface area contributed by atoms with Crippen molar-refractivity contribution in [3.8, 4) is 0 Å². The quantitative estimate of drug-likeness (QED) is 0.309. The summed E-state index contributed by atoms with van der Waals surface area (Å²) in [7, 11) is 0. The van der Waals surface area contributed by atoms with Gasteiger partial charge < -0.3 is 0 Å². The first-order valence-electron chi connectivity index (χ1n) is 11.6. The highest BCUT2D eigenvalue weighted by atomic mass is 14.4. The van der Waals surface area contributed by atoms with E-state index in [9.17, 15) is 0 Å². The van der Waals surface area contributed by atoms with Crippen LogP contribution in [0.2, 0.25) is 0 Å². The Hall–Kier alpha value is -3.64. The first-order chi connectivity index (χ1) is 15.9.